The lowest BCUT2D eigenvalue weighted by molar-refractivity contribution is 0.305. The highest BCUT2D eigenvalue weighted by molar-refractivity contribution is 6.07. The van der Waals surface area contributed by atoms with Gasteiger partial charge in [-0.2, -0.15) is 4.99 Å². The molecule has 2 fully saturated rings. The summed E-state index contributed by atoms with van der Waals surface area (Å²) in [6.07, 6.45) is 8.00. The monoisotopic (exact) mass is 354 g/mol. The third kappa shape index (κ3) is 3.02. The molecule has 6 nitrogen and oxygen atoms in total. The van der Waals surface area contributed by atoms with Gasteiger partial charge in [-0.05, 0) is 56.6 Å². The van der Waals surface area contributed by atoms with E-state index in [0.29, 0.717) is 17.8 Å². The molecule has 4 N–H and O–H groups in total. The summed E-state index contributed by atoms with van der Waals surface area (Å²) < 4.78 is 0. The fourth-order valence-electron chi connectivity index (χ4n) is 4.80. The Bertz CT molecular complexity index is 719. The topological polar surface area (TPSA) is 83.2 Å². The highest BCUT2D eigenvalue weighted by Gasteiger charge is 2.43. The first-order chi connectivity index (χ1) is 12.6. The molecular formula is C20H30N6. The molecule has 1 atom stereocenters. The minimum atomic E-state index is -0.383. The summed E-state index contributed by atoms with van der Waals surface area (Å²) in [7, 11) is 0. The molecule has 0 aromatic heterocycles. The zero-order valence-corrected chi connectivity index (χ0v) is 15.7. The van der Waals surface area contributed by atoms with Gasteiger partial charge in [-0.3, -0.25) is 4.90 Å². The highest BCUT2D eigenvalue weighted by atomic mass is 15.4. The van der Waals surface area contributed by atoms with Gasteiger partial charge in [0.1, 0.15) is 5.66 Å². The molecule has 0 bridgehead atoms. The number of anilines is 2. The van der Waals surface area contributed by atoms with Crippen LogP contribution in [0.25, 0.3) is 0 Å². The average Bonchev–Trinajstić information content (AvgIpc) is 2.62. The lowest BCUT2D eigenvalue weighted by Crippen LogP contribution is -2.58. The molecule has 1 aromatic rings. The first-order valence-electron chi connectivity index (χ1n) is 9.93. The molecule has 140 valence electrons. The lowest BCUT2D eigenvalue weighted by Gasteiger charge is -2.47. The van der Waals surface area contributed by atoms with Gasteiger partial charge in [0.25, 0.3) is 0 Å². The molecule has 1 aliphatic carbocycles. The standard InChI is InChI=1S/C20H30N6/c1-15-8-7-13-25(14-15)16-9-3-4-10-17(16)26-19(22)23-18(21)24-20(26)11-5-2-6-12-20/h3-4,9-10,15H,2,5-8,11-14H2,1H3,(H4,21,22,23,24). The number of aliphatic imine (C=N–C) groups is 2. The van der Waals surface area contributed by atoms with Gasteiger partial charge in [-0.25, -0.2) is 4.99 Å². The molecule has 4 rings (SSSR count). The fourth-order valence-corrected chi connectivity index (χ4v) is 4.80. The van der Waals surface area contributed by atoms with Crippen LogP contribution in [0.4, 0.5) is 11.4 Å². The Morgan fingerprint density at radius 1 is 1.04 bits per heavy atom. The van der Waals surface area contributed by atoms with Crippen molar-refractivity contribution in [2.75, 3.05) is 22.9 Å². The fraction of sp³-hybridized carbons (Fsp3) is 0.600. The van der Waals surface area contributed by atoms with Crippen molar-refractivity contribution in [1.82, 2.24) is 0 Å². The van der Waals surface area contributed by atoms with Crippen molar-refractivity contribution >= 4 is 23.3 Å². The predicted molar refractivity (Wildman–Crippen MR) is 109 cm³/mol. The summed E-state index contributed by atoms with van der Waals surface area (Å²) in [5, 5.41) is 0. The van der Waals surface area contributed by atoms with Crippen molar-refractivity contribution in [2.24, 2.45) is 27.4 Å². The normalized spacial score (nSPS) is 25.8. The smallest absolute Gasteiger partial charge is 0.220 e. The summed E-state index contributed by atoms with van der Waals surface area (Å²) in [6, 6.07) is 8.56. The van der Waals surface area contributed by atoms with Crippen molar-refractivity contribution in [3.8, 4) is 0 Å². The number of nitrogens with zero attached hydrogens (tertiary/aromatic N) is 4. The van der Waals surface area contributed by atoms with Crippen LogP contribution >= 0.6 is 0 Å². The third-order valence-electron chi connectivity index (χ3n) is 5.97. The van der Waals surface area contributed by atoms with Gasteiger partial charge in [0.15, 0.2) is 0 Å². The van der Waals surface area contributed by atoms with Crippen molar-refractivity contribution < 1.29 is 0 Å². The van der Waals surface area contributed by atoms with Crippen molar-refractivity contribution in [1.29, 1.82) is 0 Å². The third-order valence-corrected chi connectivity index (χ3v) is 5.97. The Balaban J connectivity index is 1.77. The summed E-state index contributed by atoms with van der Waals surface area (Å²) in [5.41, 5.74) is 14.4. The zero-order valence-electron chi connectivity index (χ0n) is 15.7. The van der Waals surface area contributed by atoms with Crippen LogP contribution in [0.15, 0.2) is 34.3 Å². The second-order valence-electron chi connectivity index (χ2n) is 8.00. The Hall–Kier alpha value is -2.24. The zero-order chi connectivity index (χ0) is 18.1. The van der Waals surface area contributed by atoms with E-state index in [9.17, 15) is 0 Å². The van der Waals surface area contributed by atoms with Crippen LogP contribution in [-0.2, 0) is 0 Å². The van der Waals surface area contributed by atoms with E-state index in [1.54, 1.807) is 0 Å². The van der Waals surface area contributed by atoms with E-state index in [4.69, 9.17) is 16.5 Å². The lowest BCUT2D eigenvalue weighted by atomic mass is 9.87. The minimum absolute atomic E-state index is 0.310. The Morgan fingerprint density at radius 3 is 2.50 bits per heavy atom. The van der Waals surface area contributed by atoms with Gasteiger partial charge >= 0.3 is 0 Å². The van der Waals surface area contributed by atoms with Gasteiger partial charge in [0.2, 0.25) is 11.9 Å². The van der Waals surface area contributed by atoms with E-state index in [2.05, 4.69) is 46.0 Å². The largest absolute Gasteiger partial charge is 0.370 e. The second kappa shape index (κ2) is 6.82. The molecular weight excluding hydrogens is 324 g/mol. The molecule has 2 aliphatic heterocycles. The Morgan fingerprint density at radius 2 is 1.77 bits per heavy atom. The summed E-state index contributed by atoms with van der Waals surface area (Å²) in [5.74, 6) is 1.49. The molecule has 1 spiro atoms. The minimum Gasteiger partial charge on any atom is -0.370 e. The first-order valence-corrected chi connectivity index (χ1v) is 9.93. The van der Waals surface area contributed by atoms with E-state index in [-0.39, 0.29) is 5.66 Å². The van der Waals surface area contributed by atoms with E-state index >= 15 is 0 Å². The van der Waals surface area contributed by atoms with Crippen LogP contribution in [-0.4, -0.2) is 30.7 Å². The highest BCUT2D eigenvalue weighted by Crippen LogP contribution is 2.43. The number of guanidine groups is 2. The molecule has 26 heavy (non-hydrogen) atoms. The summed E-state index contributed by atoms with van der Waals surface area (Å²) >= 11 is 0. The number of nitrogens with two attached hydrogens (primary N) is 2. The molecule has 2 heterocycles. The Kier molecular flexibility index (Phi) is 4.51. The number of piperidine rings is 1. The van der Waals surface area contributed by atoms with E-state index in [1.165, 1.54) is 24.9 Å². The van der Waals surface area contributed by atoms with Gasteiger partial charge < -0.3 is 16.4 Å². The van der Waals surface area contributed by atoms with Crippen LogP contribution in [0, 0.1) is 5.92 Å². The maximum Gasteiger partial charge on any atom is 0.220 e. The molecule has 1 saturated heterocycles. The maximum absolute atomic E-state index is 6.43. The van der Waals surface area contributed by atoms with Gasteiger partial charge in [0.05, 0.1) is 11.4 Å². The van der Waals surface area contributed by atoms with Crippen LogP contribution in [0.5, 0.6) is 0 Å². The maximum atomic E-state index is 6.43. The first kappa shape index (κ1) is 17.2. The number of rotatable bonds is 2. The van der Waals surface area contributed by atoms with Crippen LogP contribution in [0.2, 0.25) is 0 Å². The summed E-state index contributed by atoms with van der Waals surface area (Å²) in [4.78, 5) is 13.8. The average molecular weight is 355 g/mol. The summed E-state index contributed by atoms with van der Waals surface area (Å²) in [6.45, 7) is 4.50. The van der Waals surface area contributed by atoms with E-state index in [1.807, 2.05) is 0 Å². The van der Waals surface area contributed by atoms with Gasteiger partial charge in [0, 0.05) is 13.1 Å². The van der Waals surface area contributed by atoms with Crippen molar-refractivity contribution in [3.05, 3.63) is 24.3 Å². The quantitative estimate of drug-likeness (QED) is 0.855. The number of benzene rings is 1. The Labute approximate surface area is 156 Å². The molecule has 0 radical (unpaired) electrons. The van der Waals surface area contributed by atoms with E-state index in [0.717, 1.165) is 44.5 Å². The predicted octanol–water partition coefficient (Wildman–Crippen LogP) is 3.03. The number of para-hydroxylation sites is 2. The molecule has 0 amide bonds. The van der Waals surface area contributed by atoms with Crippen molar-refractivity contribution in [2.45, 2.75) is 57.5 Å². The molecule has 1 unspecified atom stereocenters. The molecule has 3 aliphatic rings. The number of hydrogen-bond donors (Lipinski definition) is 2. The van der Waals surface area contributed by atoms with Crippen LogP contribution < -0.4 is 21.3 Å². The van der Waals surface area contributed by atoms with Gasteiger partial charge in [-0.15, -0.1) is 0 Å². The van der Waals surface area contributed by atoms with Crippen molar-refractivity contribution in [3.63, 3.8) is 0 Å². The van der Waals surface area contributed by atoms with Crippen LogP contribution in [0.1, 0.15) is 51.9 Å². The SMILES string of the molecule is CC1CCCN(c2ccccc2N2C(N)=NC(N)=NC23CCCCC3)C1. The second-order valence-corrected chi connectivity index (χ2v) is 8.00. The van der Waals surface area contributed by atoms with Gasteiger partial charge in [-0.1, -0.05) is 25.5 Å². The molecule has 6 heteroatoms. The molecule has 1 saturated carbocycles. The number of hydrogen-bond acceptors (Lipinski definition) is 6. The van der Waals surface area contributed by atoms with Crippen LogP contribution in [0.3, 0.4) is 0 Å². The van der Waals surface area contributed by atoms with E-state index < -0.39 is 0 Å². The molecule has 1 aromatic carbocycles.